The molecule has 0 unspecified atom stereocenters. The minimum Gasteiger partial charge on any atom is -0.366 e. The molecule has 0 aliphatic heterocycles. The molecule has 0 atom stereocenters. The van der Waals surface area contributed by atoms with Crippen LogP contribution in [0, 0.1) is 11.3 Å². The van der Waals surface area contributed by atoms with Crippen LogP contribution in [0.4, 0.5) is 5.82 Å². The highest BCUT2D eigenvalue weighted by atomic mass is 35.5. The Morgan fingerprint density at radius 1 is 1.41 bits per heavy atom. The Morgan fingerprint density at radius 3 is 2.71 bits per heavy atom. The molecule has 0 bridgehead atoms. The summed E-state index contributed by atoms with van der Waals surface area (Å²) in [7, 11) is 0. The van der Waals surface area contributed by atoms with Gasteiger partial charge in [0.25, 0.3) is 0 Å². The predicted octanol–water partition coefficient (Wildman–Crippen LogP) is 3.30. The third kappa shape index (κ3) is 2.24. The minimum absolute atomic E-state index is 0.411. The van der Waals surface area contributed by atoms with Crippen LogP contribution in [0.15, 0.2) is 28.8 Å². The van der Waals surface area contributed by atoms with Crippen LogP contribution < -0.4 is 5.32 Å². The van der Waals surface area contributed by atoms with E-state index < -0.39 is 0 Å². The van der Waals surface area contributed by atoms with Crippen molar-refractivity contribution >= 4 is 17.4 Å². The standard InChI is InChI=1S/C12H10ClN3O/c1-2-15-12-10(7-14)11(17-16-12)8-3-5-9(13)6-4-8/h3-6H,2H2,1H3,(H,15,16). The molecule has 1 heterocycles. The first kappa shape index (κ1) is 11.5. The third-order valence-electron chi connectivity index (χ3n) is 2.25. The van der Waals surface area contributed by atoms with Gasteiger partial charge in [-0.05, 0) is 31.2 Å². The average molecular weight is 248 g/mol. The lowest BCUT2D eigenvalue weighted by Crippen LogP contribution is -1.98. The lowest BCUT2D eigenvalue weighted by Gasteiger charge is -1.97. The number of nitrogens with zero attached hydrogens (tertiary/aromatic N) is 2. The fourth-order valence-electron chi connectivity index (χ4n) is 1.48. The van der Waals surface area contributed by atoms with Gasteiger partial charge in [-0.3, -0.25) is 0 Å². The molecule has 5 heteroatoms. The van der Waals surface area contributed by atoms with Gasteiger partial charge in [0.15, 0.2) is 11.6 Å². The van der Waals surface area contributed by atoms with E-state index in [1.807, 2.05) is 6.92 Å². The van der Waals surface area contributed by atoms with Crippen LogP contribution in [0.5, 0.6) is 0 Å². The third-order valence-corrected chi connectivity index (χ3v) is 2.51. The fourth-order valence-corrected chi connectivity index (χ4v) is 1.61. The van der Waals surface area contributed by atoms with E-state index >= 15 is 0 Å². The van der Waals surface area contributed by atoms with E-state index in [4.69, 9.17) is 21.4 Å². The molecular weight excluding hydrogens is 238 g/mol. The maximum absolute atomic E-state index is 9.11. The van der Waals surface area contributed by atoms with Crippen molar-refractivity contribution in [3.05, 3.63) is 34.9 Å². The molecule has 0 saturated carbocycles. The summed E-state index contributed by atoms with van der Waals surface area (Å²) in [5.74, 6) is 0.931. The minimum atomic E-state index is 0.411. The molecule has 1 N–H and O–H groups in total. The van der Waals surface area contributed by atoms with E-state index in [0.29, 0.717) is 28.7 Å². The Bertz CT molecular complexity index is 554. The second-order valence-corrected chi connectivity index (χ2v) is 3.82. The van der Waals surface area contributed by atoms with Crippen molar-refractivity contribution in [2.45, 2.75) is 6.92 Å². The second-order valence-electron chi connectivity index (χ2n) is 3.38. The zero-order valence-corrected chi connectivity index (χ0v) is 9.95. The monoisotopic (exact) mass is 247 g/mol. The molecule has 0 saturated heterocycles. The molecule has 0 radical (unpaired) electrons. The van der Waals surface area contributed by atoms with Gasteiger partial charge in [0.05, 0.1) is 0 Å². The van der Waals surface area contributed by atoms with Crippen molar-refractivity contribution in [2.75, 3.05) is 11.9 Å². The van der Waals surface area contributed by atoms with Gasteiger partial charge >= 0.3 is 0 Å². The number of benzene rings is 1. The summed E-state index contributed by atoms with van der Waals surface area (Å²) in [5, 5.41) is 16.6. The molecule has 0 aliphatic rings. The molecule has 4 nitrogen and oxygen atoms in total. The van der Waals surface area contributed by atoms with Crippen LogP contribution in [0.1, 0.15) is 12.5 Å². The average Bonchev–Trinajstić information content (AvgIpc) is 2.73. The van der Waals surface area contributed by atoms with Gasteiger partial charge in [0.1, 0.15) is 11.6 Å². The van der Waals surface area contributed by atoms with Crippen molar-refractivity contribution < 1.29 is 4.52 Å². The van der Waals surface area contributed by atoms with Crippen LogP contribution in [-0.4, -0.2) is 11.7 Å². The Kier molecular flexibility index (Phi) is 3.31. The van der Waals surface area contributed by atoms with Crippen molar-refractivity contribution in [1.82, 2.24) is 5.16 Å². The highest BCUT2D eigenvalue weighted by molar-refractivity contribution is 6.30. The van der Waals surface area contributed by atoms with Gasteiger partial charge in [-0.15, -0.1) is 0 Å². The molecule has 17 heavy (non-hydrogen) atoms. The summed E-state index contributed by atoms with van der Waals surface area (Å²) in [6, 6.07) is 9.16. The van der Waals surface area contributed by atoms with Gasteiger partial charge in [-0.2, -0.15) is 5.26 Å². The van der Waals surface area contributed by atoms with E-state index in [2.05, 4.69) is 16.5 Å². The van der Waals surface area contributed by atoms with E-state index in [1.54, 1.807) is 24.3 Å². The molecule has 2 aromatic rings. The number of aromatic nitrogens is 1. The summed E-state index contributed by atoms with van der Waals surface area (Å²) in [6.07, 6.45) is 0. The summed E-state index contributed by atoms with van der Waals surface area (Å²) >= 11 is 5.80. The highest BCUT2D eigenvalue weighted by Gasteiger charge is 2.16. The number of hydrogen-bond acceptors (Lipinski definition) is 4. The lowest BCUT2D eigenvalue weighted by molar-refractivity contribution is 0.435. The van der Waals surface area contributed by atoms with E-state index in [1.165, 1.54) is 0 Å². The molecule has 86 valence electrons. The van der Waals surface area contributed by atoms with Crippen molar-refractivity contribution in [3.8, 4) is 17.4 Å². The number of nitrogens with one attached hydrogen (secondary N) is 1. The number of hydrogen-bond donors (Lipinski definition) is 1. The van der Waals surface area contributed by atoms with Crippen LogP contribution in [0.25, 0.3) is 11.3 Å². The first-order chi connectivity index (χ1) is 8.26. The lowest BCUT2D eigenvalue weighted by atomic mass is 10.1. The maximum atomic E-state index is 9.11. The summed E-state index contributed by atoms with van der Waals surface area (Å²) < 4.78 is 5.19. The summed E-state index contributed by atoms with van der Waals surface area (Å²) in [6.45, 7) is 2.61. The highest BCUT2D eigenvalue weighted by Crippen LogP contribution is 2.29. The van der Waals surface area contributed by atoms with Crippen LogP contribution in [0.3, 0.4) is 0 Å². The van der Waals surface area contributed by atoms with Crippen molar-refractivity contribution in [1.29, 1.82) is 5.26 Å². The molecule has 1 aromatic heterocycles. The van der Waals surface area contributed by atoms with Crippen LogP contribution in [-0.2, 0) is 0 Å². The predicted molar refractivity (Wildman–Crippen MR) is 65.8 cm³/mol. The molecule has 1 aromatic carbocycles. The van der Waals surface area contributed by atoms with Gasteiger partial charge in [0, 0.05) is 17.1 Å². The largest absolute Gasteiger partial charge is 0.366 e. The molecule has 0 aliphatic carbocycles. The molecule has 0 fully saturated rings. The van der Waals surface area contributed by atoms with Crippen LogP contribution >= 0.6 is 11.6 Å². The smallest absolute Gasteiger partial charge is 0.188 e. The maximum Gasteiger partial charge on any atom is 0.188 e. The number of anilines is 1. The first-order valence-corrected chi connectivity index (χ1v) is 5.53. The normalized spacial score (nSPS) is 9.94. The molecule has 0 amide bonds. The van der Waals surface area contributed by atoms with Gasteiger partial charge < -0.3 is 9.84 Å². The van der Waals surface area contributed by atoms with E-state index in [0.717, 1.165) is 5.56 Å². The van der Waals surface area contributed by atoms with E-state index in [-0.39, 0.29) is 0 Å². The Balaban J connectivity index is 2.46. The van der Waals surface area contributed by atoms with Crippen molar-refractivity contribution in [2.24, 2.45) is 0 Å². The summed E-state index contributed by atoms with van der Waals surface area (Å²) in [4.78, 5) is 0. The Labute approximate surface area is 104 Å². The van der Waals surface area contributed by atoms with E-state index in [9.17, 15) is 0 Å². The number of nitriles is 1. The first-order valence-electron chi connectivity index (χ1n) is 5.15. The fraction of sp³-hybridized carbons (Fsp3) is 0.167. The quantitative estimate of drug-likeness (QED) is 0.904. The van der Waals surface area contributed by atoms with Gasteiger partial charge in [-0.1, -0.05) is 16.8 Å². The Hall–Kier alpha value is -1.99. The zero-order valence-electron chi connectivity index (χ0n) is 9.20. The van der Waals surface area contributed by atoms with Crippen LogP contribution in [0.2, 0.25) is 5.02 Å². The Morgan fingerprint density at radius 2 is 2.12 bits per heavy atom. The molecule has 0 spiro atoms. The number of halogens is 1. The topological polar surface area (TPSA) is 61.9 Å². The summed E-state index contributed by atoms with van der Waals surface area (Å²) in [5.41, 5.74) is 1.19. The second kappa shape index (κ2) is 4.89. The van der Waals surface area contributed by atoms with Gasteiger partial charge in [0.2, 0.25) is 0 Å². The molecule has 2 rings (SSSR count). The van der Waals surface area contributed by atoms with Crippen molar-refractivity contribution in [3.63, 3.8) is 0 Å². The van der Waals surface area contributed by atoms with Gasteiger partial charge in [-0.25, -0.2) is 0 Å². The SMILES string of the molecule is CCNc1noc(-c2ccc(Cl)cc2)c1C#N. The number of rotatable bonds is 3. The molecular formula is C12H10ClN3O. The zero-order chi connectivity index (χ0) is 12.3.